The molecule has 0 saturated carbocycles. The van der Waals surface area contributed by atoms with Crippen LogP contribution < -0.4 is 0 Å². The molecule has 0 bridgehead atoms. The van der Waals surface area contributed by atoms with Gasteiger partial charge < -0.3 is 0 Å². The van der Waals surface area contributed by atoms with E-state index in [1.165, 1.54) is 70.6 Å². The van der Waals surface area contributed by atoms with Crippen LogP contribution in [0.15, 0.2) is 85.1 Å². The van der Waals surface area contributed by atoms with Gasteiger partial charge in [0, 0.05) is 0 Å². The molecule has 1 aliphatic carbocycles. The molecule has 0 atom stereocenters. The first kappa shape index (κ1) is 21.2. The number of rotatable bonds is 0. The van der Waals surface area contributed by atoms with Crippen molar-refractivity contribution in [1.82, 2.24) is 0 Å². The quantitative estimate of drug-likeness (QED) is 0.418. The molecule has 0 heterocycles. The van der Waals surface area contributed by atoms with Crippen LogP contribution >= 0.6 is 0 Å². The van der Waals surface area contributed by atoms with Crippen molar-refractivity contribution in [1.29, 1.82) is 0 Å². The molecule has 0 heteroatoms. The second-order valence-electron chi connectivity index (χ2n) is 6.54. The molecule has 0 spiro atoms. The average Bonchev–Trinajstić information content (AvgIpc) is 2.62. The van der Waals surface area contributed by atoms with E-state index in [-0.39, 0.29) is 0 Å². The summed E-state index contributed by atoms with van der Waals surface area (Å²) in [6, 6.07) is 0. The molecule has 1 aliphatic rings. The summed E-state index contributed by atoms with van der Waals surface area (Å²) in [6.07, 6.45) is 44.5. The van der Waals surface area contributed by atoms with Gasteiger partial charge in [0.25, 0.3) is 0 Å². The zero-order valence-corrected chi connectivity index (χ0v) is 15.9. The SMILES string of the molecule is C1=CCCCCCCCCCCC\C=C/C=C\C=C/C=C\C=C/C=C\1. The highest BCUT2D eigenvalue weighted by atomic mass is 14.0. The Morgan fingerprint density at radius 1 is 0.240 bits per heavy atom. The zero-order valence-electron chi connectivity index (χ0n) is 15.9. The maximum Gasteiger partial charge on any atom is -0.0348 e. The molecule has 0 fully saturated rings. The molecule has 0 aliphatic heterocycles. The molecular formula is C25H36. The van der Waals surface area contributed by atoms with E-state index in [4.69, 9.17) is 0 Å². The Kier molecular flexibility index (Phi) is 15.7. The lowest BCUT2D eigenvalue weighted by molar-refractivity contribution is 0.561. The van der Waals surface area contributed by atoms with Gasteiger partial charge in [-0.25, -0.2) is 0 Å². The van der Waals surface area contributed by atoms with E-state index < -0.39 is 0 Å². The van der Waals surface area contributed by atoms with Gasteiger partial charge in [-0.15, -0.1) is 0 Å². The van der Waals surface area contributed by atoms with E-state index >= 15 is 0 Å². The second kappa shape index (κ2) is 18.5. The Morgan fingerprint density at radius 2 is 0.480 bits per heavy atom. The molecule has 0 amide bonds. The van der Waals surface area contributed by atoms with Gasteiger partial charge in [-0.05, 0) is 25.7 Å². The zero-order chi connectivity index (χ0) is 17.7. The van der Waals surface area contributed by atoms with E-state index in [1.54, 1.807) is 0 Å². The molecule has 0 unspecified atom stereocenters. The topological polar surface area (TPSA) is 0 Å². The minimum Gasteiger partial charge on any atom is -0.0845 e. The van der Waals surface area contributed by atoms with Crippen LogP contribution in [0.3, 0.4) is 0 Å². The van der Waals surface area contributed by atoms with Crippen molar-refractivity contribution in [3.8, 4) is 0 Å². The van der Waals surface area contributed by atoms with Crippen LogP contribution in [0.4, 0.5) is 0 Å². The van der Waals surface area contributed by atoms with Crippen LogP contribution in [0.1, 0.15) is 70.6 Å². The maximum atomic E-state index is 2.28. The van der Waals surface area contributed by atoms with Gasteiger partial charge in [0.2, 0.25) is 0 Å². The minimum absolute atomic E-state index is 1.21. The Labute approximate surface area is 156 Å². The van der Waals surface area contributed by atoms with E-state index in [0.29, 0.717) is 0 Å². The van der Waals surface area contributed by atoms with Crippen LogP contribution in [0.2, 0.25) is 0 Å². The Hall–Kier alpha value is -1.82. The van der Waals surface area contributed by atoms with Crippen molar-refractivity contribution in [2.75, 3.05) is 0 Å². The Balaban J connectivity index is 2.35. The van der Waals surface area contributed by atoms with Crippen LogP contribution in [-0.4, -0.2) is 0 Å². The number of allylic oxidation sites excluding steroid dienone is 14. The number of hydrogen-bond donors (Lipinski definition) is 0. The van der Waals surface area contributed by atoms with Crippen molar-refractivity contribution >= 4 is 0 Å². The van der Waals surface area contributed by atoms with Crippen LogP contribution in [0.5, 0.6) is 0 Å². The lowest BCUT2D eigenvalue weighted by Crippen LogP contribution is -1.81. The monoisotopic (exact) mass is 336 g/mol. The molecule has 0 nitrogen and oxygen atoms in total. The fourth-order valence-electron chi connectivity index (χ4n) is 2.75. The van der Waals surface area contributed by atoms with E-state index in [0.717, 1.165) is 0 Å². The van der Waals surface area contributed by atoms with Crippen LogP contribution in [0.25, 0.3) is 0 Å². The third-order valence-corrected chi connectivity index (χ3v) is 4.24. The van der Waals surface area contributed by atoms with Gasteiger partial charge in [0.15, 0.2) is 0 Å². The molecular weight excluding hydrogens is 300 g/mol. The van der Waals surface area contributed by atoms with Gasteiger partial charge in [0.1, 0.15) is 0 Å². The first-order valence-electron chi connectivity index (χ1n) is 10.1. The third-order valence-electron chi connectivity index (χ3n) is 4.24. The highest BCUT2D eigenvalue weighted by Crippen LogP contribution is 2.11. The van der Waals surface area contributed by atoms with Crippen molar-refractivity contribution in [2.45, 2.75) is 70.6 Å². The van der Waals surface area contributed by atoms with Gasteiger partial charge in [0.05, 0.1) is 0 Å². The van der Waals surface area contributed by atoms with Crippen molar-refractivity contribution in [3.05, 3.63) is 85.1 Å². The molecule has 0 aromatic carbocycles. The summed E-state index contributed by atoms with van der Waals surface area (Å²) in [7, 11) is 0. The Morgan fingerprint density at radius 3 is 0.800 bits per heavy atom. The molecule has 136 valence electrons. The summed E-state index contributed by atoms with van der Waals surface area (Å²) in [5.41, 5.74) is 0. The maximum absolute atomic E-state index is 2.28. The van der Waals surface area contributed by atoms with Crippen molar-refractivity contribution in [3.63, 3.8) is 0 Å². The van der Waals surface area contributed by atoms with Gasteiger partial charge in [-0.3, -0.25) is 0 Å². The standard InChI is InChI=1S/C25H36/c1-2-4-6-8-10-12-14-16-18-20-22-24-25-23-21-19-17-15-13-11-9-7-5-3-1/h1-14H,15-25H2/b2-1-,5-3-,6-4-,9-7-,10-8-,13-11-,14-12?. The van der Waals surface area contributed by atoms with E-state index in [1.807, 2.05) is 0 Å². The normalized spacial score (nSPS) is 27.2. The fraction of sp³-hybridized carbons (Fsp3) is 0.440. The number of hydrogen-bond acceptors (Lipinski definition) is 0. The smallest absolute Gasteiger partial charge is 0.0348 e. The average molecular weight is 337 g/mol. The summed E-state index contributed by atoms with van der Waals surface area (Å²) in [6.45, 7) is 0. The largest absolute Gasteiger partial charge is 0.0845 e. The fourth-order valence-corrected chi connectivity index (χ4v) is 2.75. The highest BCUT2D eigenvalue weighted by molar-refractivity contribution is 5.20. The summed E-state index contributed by atoms with van der Waals surface area (Å²) >= 11 is 0. The van der Waals surface area contributed by atoms with Crippen LogP contribution in [0, 0.1) is 0 Å². The van der Waals surface area contributed by atoms with Crippen molar-refractivity contribution < 1.29 is 0 Å². The highest BCUT2D eigenvalue weighted by Gasteiger charge is 1.92. The van der Waals surface area contributed by atoms with E-state index in [2.05, 4.69) is 85.1 Å². The molecule has 0 saturated heterocycles. The predicted octanol–water partition coefficient (Wildman–Crippen LogP) is 8.18. The lowest BCUT2D eigenvalue weighted by Gasteiger charge is -2.01. The van der Waals surface area contributed by atoms with Gasteiger partial charge >= 0.3 is 0 Å². The van der Waals surface area contributed by atoms with Gasteiger partial charge in [-0.2, -0.15) is 0 Å². The van der Waals surface area contributed by atoms with Crippen LogP contribution in [-0.2, 0) is 0 Å². The Bertz CT molecular complexity index is 436. The molecule has 1 rings (SSSR count). The molecule has 0 radical (unpaired) electrons. The van der Waals surface area contributed by atoms with Crippen molar-refractivity contribution in [2.24, 2.45) is 0 Å². The summed E-state index contributed by atoms with van der Waals surface area (Å²) in [5.74, 6) is 0. The van der Waals surface area contributed by atoms with Gasteiger partial charge in [-0.1, -0.05) is 130 Å². The lowest BCUT2D eigenvalue weighted by atomic mass is 10.1. The molecule has 0 aromatic heterocycles. The molecule has 0 N–H and O–H groups in total. The summed E-state index contributed by atoms with van der Waals surface area (Å²) in [5, 5.41) is 0. The first-order chi connectivity index (χ1) is 12.5. The summed E-state index contributed by atoms with van der Waals surface area (Å²) in [4.78, 5) is 0. The molecule has 0 aromatic rings. The predicted molar refractivity (Wildman–Crippen MR) is 115 cm³/mol. The molecule has 25 heavy (non-hydrogen) atoms. The second-order valence-corrected chi connectivity index (χ2v) is 6.54. The van der Waals surface area contributed by atoms with E-state index in [9.17, 15) is 0 Å². The first-order valence-corrected chi connectivity index (χ1v) is 10.1. The summed E-state index contributed by atoms with van der Waals surface area (Å²) < 4.78 is 0. The third kappa shape index (κ3) is 16.8. The minimum atomic E-state index is 1.21.